The lowest BCUT2D eigenvalue weighted by Gasteiger charge is -2.12. The van der Waals surface area contributed by atoms with Gasteiger partial charge in [-0.3, -0.25) is 0 Å². The van der Waals surface area contributed by atoms with E-state index in [9.17, 15) is 5.11 Å². The second-order valence-corrected chi connectivity index (χ2v) is 8.00. The van der Waals surface area contributed by atoms with Crippen molar-refractivity contribution < 1.29 is 5.11 Å². The minimum Gasteiger partial charge on any atom is -0.508 e. The molecular weight excluding hydrogens is 429 g/mol. The molecule has 0 amide bonds. The molecule has 2 aromatic heterocycles. The first-order chi connectivity index (χ1) is 14.0. The van der Waals surface area contributed by atoms with Crippen molar-refractivity contribution >= 4 is 57.5 Å². The number of aromatic nitrogens is 4. The largest absolute Gasteiger partial charge is 0.508 e. The maximum atomic E-state index is 9.77. The van der Waals surface area contributed by atoms with E-state index < -0.39 is 0 Å². The molecule has 0 radical (unpaired) electrons. The average molecular weight is 446 g/mol. The molecule has 0 aliphatic rings. The second kappa shape index (κ2) is 8.49. The summed E-state index contributed by atoms with van der Waals surface area (Å²) in [6.45, 7) is 0.465. The average Bonchev–Trinajstić information content (AvgIpc) is 3.14. The Morgan fingerprint density at radius 2 is 1.97 bits per heavy atom. The fraction of sp³-hybridized carbons (Fsp3) is 0.150. The van der Waals surface area contributed by atoms with Gasteiger partial charge in [0.25, 0.3) is 0 Å². The van der Waals surface area contributed by atoms with E-state index >= 15 is 0 Å². The van der Waals surface area contributed by atoms with Crippen molar-refractivity contribution in [3.8, 4) is 5.75 Å². The third-order valence-corrected chi connectivity index (χ3v) is 5.62. The van der Waals surface area contributed by atoms with Gasteiger partial charge in [-0.25, -0.2) is 14.6 Å². The predicted octanol–water partition coefficient (Wildman–Crippen LogP) is 5.63. The molecule has 0 aliphatic heterocycles. The molecule has 0 fully saturated rings. The van der Waals surface area contributed by atoms with Crippen LogP contribution in [0, 0.1) is 0 Å². The Balaban J connectivity index is 1.72. The summed E-state index contributed by atoms with van der Waals surface area (Å²) in [6.07, 6.45) is 3.61. The molecule has 9 heteroatoms. The van der Waals surface area contributed by atoms with Crippen LogP contribution in [0.15, 0.2) is 59.9 Å². The number of thioether (sulfide) groups is 1. The summed E-state index contributed by atoms with van der Waals surface area (Å²) in [4.78, 5) is 9.16. The van der Waals surface area contributed by atoms with Crippen molar-refractivity contribution in [1.29, 1.82) is 0 Å². The normalized spacial score (nSPS) is 12.2. The van der Waals surface area contributed by atoms with E-state index in [1.54, 1.807) is 23.0 Å². The van der Waals surface area contributed by atoms with Crippen LogP contribution >= 0.6 is 35.0 Å². The Morgan fingerprint density at radius 3 is 2.72 bits per heavy atom. The maximum Gasteiger partial charge on any atom is 0.191 e. The molecule has 1 unspecified atom stereocenters. The van der Waals surface area contributed by atoms with Crippen molar-refractivity contribution in [3.05, 3.63) is 65.3 Å². The smallest absolute Gasteiger partial charge is 0.191 e. The van der Waals surface area contributed by atoms with Gasteiger partial charge in [0.05, 0.1) is 34.2 Å². The van der Waals surface area contributed by atoms with Gasteiger partial charge in [0.15, 0.2) is 10.8 Å². The fourth-order valence-electron chi connectivity index (χ4n) is 2.91. The van der Waals surface area contributed by atoms with Crippen molar-refractivity contribution in [2.45, 2.75) is 17.1 Å². The van der Waals surface area contributed by atoms with E-state index in [1.807, 2.05) is 36.6 Å². The van der Waals surface area contributed by atoms with Gasteiger partial charge < -0.3 is 10.4 Å². The highest BCUT2D eigenvalue weighted by Crippen LogP contribution is 2.32. The molecule has 29 heavy (non-hydrogen) atoms. The van der Waals surface area contributed by atoms with Crippen LogP contribution in [0.4, 0.5) is 11.5 Å². The third kappa shape index (κ3) is 4.27. The maximum absolute atomic E-state index is 9.77. The van der Waals surface area contributed by atoms with Gasteiger partial charge in [-0.2, -0.15) is 5.10 Å². The van der Waals surface area contributed by atoms with Gasteiger partial charge in [0.2, 0.25) is 0 Å². The number of rotatable bonds is 6. The van der Waals surface area contributed by atoms with Gasteiger partial charge in [-0.1, -0.05) is 53.7 Å². The zero-order chi connectivity index (χ0) is 20.4. The Morgan fingerprint density at radius 1 is 1.17 bits per heavy atom. The van der Waals surface area contributed by atoms with Crippen LogP contribution in [-0.2, 0) is 6.54 Å². The molecule has 148 valence electrons. The number of benzene rings is 2. The molecule has 2 heterocycles. The first kappa shape index (κ1) is 19.8. The number of hydrogen-bond acceptors (Lipinski definition) is 6. The molecular formula is C20H17Cl2N5OS. The van der Waals surface area contributed by atoms with Crippen molar-refractivity contribution in [2.24, 2.45) is 0 Å². The Labute approximate surface area is 181 Å². The highest BCUT2D eigenvalue weighted by Gasteiger charge is 2.17. The lowest BCUT2D eigenvalue weighted by molar-refractivity contribution is 0.475. The number of nitrogens with zero attached hydrogens (tertiary/aromatic N) is 4. The Hall–Kier alpha value is -2.48. The van der Waals surface area contributed by atoms with E-state index in [1.165, 1.54) is 17.8 Å². The van der Waals surface area contributed by atoms with Crippen LogP contribution in [0.2, 0.25) is 5.02 Å². The van der Waals surface area contributed by atoms with Crippen LogP contribution in [0.1, 0.15) is 10.9 Å². The number of halogens is 2. The van der Waals surface area contributed by atoms with Gasteiger partial charge in [0, 0.05) is 6.07 Å². The molecule has 4 aromatic rings. The zero-order valence-electron chi connectivity index (χ0n) is 15.4. The first-order valence-electron chi connectivity index (χ1n) is 8.77. The van der Waals surface area contributed by atoms with Gasteiger partial charge in [-0.05, 0) is 24.0 Å². The summed E-state index contributed by atoms with van der Waals surface area (Å²) in [7, 11) is 0. The fourth-order valence-corrected chi connectivity index (χ4v) is 3.71. The number of phenolic OH excluding ortho intramolecular Hbond substituents is 1. The molecule has 0 saturated carbocycles. The number of phenols is 1. The highest BCUT2D eigenvalue weighted by molar-refractivity contribution is 7.98. The highest BCUT2D eigenvalue weighted by atomic mass is 35.5. The van der Waals surface area contributed by atoms with Crippen molar-refractivity contribution in [2.75, 3.05) is 11.6 Å². The molecule has 4 rings (SSSR count). The summed E-state index contributed by atoms with van der Waals surface area (Å²) >= 11 is 14.3. The standard InChI is InChI=1S/C20H17Cl2N5OS/c1-29-20-25-18(24-17-9-13(28)7-8-15(17)21)14-10-23-27(19(14)26-20)11-16(22)12-5-3-2-4-6-12/h2-10,16,28H,11H2,1H3,(H,24,25,26). The van der Waals surface area contributed by atoms with Crippen molar-refractivity contribution in [3.63, 3.8) is 0 Å². The van der Waals surface area contributed by atoms with Gasteiger partial charge >= 0.3 is 0 Å². The molecule has 0 saturated heterocycles. The summed E-state index contributed by atoms with van der Waals surface area (Å²) in [5.74, 6) is 0.666. The minimum absolute atomic E-state index is 0.107. The first-order valence-corrected chi connectivity index (χ1v) is 10.8. The number of anilines is 2. The zero-order valence-corrected chi connectivity index (χ0v) is 17.7. The number of aromatic hydroxyl groups is 1. The third-order valence-electron chi connectivity index (χ3n) is 4.36. The summed E-state index contributed by atoms with van der Waals surface area (Å²) in [5.41, 5.74) is 2.23. The summed E-state index contributed by atoms with van der Waals surface area (Å²) in [6, 6.07) is 14.5. The van der Waals surface area contributed by atoms with Crippen LogP contribution in [0.25, 0.3) is 11.0 Å². The van der Waals surface area contributed by atoms with E-state index in [4.69, 9.17) is 23.2 Å². The van der Waals surface area contributed by atoms with Crippen LogP contribution < -0.4 is 5.32 Å². The molecule has 0 aliphatic carbocycles. The van der Waals surface area contributed by atoms with Gasteiger partial charge in [-0.15, -0.1) is 11.6 Å². The summed E-state index contributed by atoms with van der Waals surface area (Å²) in [5, 5.41) is 19.0. The monoisotopic (exact) mass is 445 g/mol. The molecule has 6 nitrogen and oxygen atoms in total. The van der Waals surface area contributed by atoms with E-state index in [0.29, 0.717) is 33.9 Å². The van der Waals surface area contributed by atoms with Crippen LogP contribution in [-0.4, -0.2) is 31.1 Å². The van der Waals surface area contributed by atoms with E-state index in [-0.39, 0.29) is 11.1 Å². The lowest BCUT2D eigenvalue weighted by atomic mass is 10.1. The predicted molar refractivity (Wildman–Crippen MR) is 119 cm³/mol. The number of hydrogen-bond donors (Lipinski definition) is 2. The molecule has 0 bridgehead atoms. The number of fused-ring (bicyclic) bond motifs is 1. The van der Waals surface area contributed by atoms with Crippen LogP contribution in [0.3, 0.4) is 0 Å². The topological polar surface area (TPSA) is 75.9 Å². The number of nitrogens with one attached hydrogen (secondary N) is 1. The lowest BCUT2D eigenvalue weighted by Crippen LogP contribution is -2.07. The van der Waals surface area contributed by atoms with Gasteiger partial charge in [0.1, 0.15) is 11.6 Å². The Kier molecular flexibility index (Phi) is 5.80. The van der Waals surface area contributed by atoms with Crippen LogP contribution in [0.5, 0.6) is 5.75 Å². The minimum atomic E-state index is -0.246. The quantitative estimate of drug-likeness (QED) is 0.227. The summed E-state index contributed by atoms with van der Waals surface area (Å²) < 4.78 is 1.77. The van der Waals surface area contributed by atoms with E-state index in [2.05, 4.69) is 20.4 Å². The van der Waals surface area contributed by atoms with Crippen molar-refractivity contribution in [1.82, 2.24) is 19.7 Å². The SMILES string of the molecule is CSc1nc(Nc2cc(O)ccc2Cl)c2cnn(CC(Cl)c3ccccc3)c2n1. The molecule has 2 aromatic carbocycles. The van der Waals surface area contributed by atoms with E-state index in [0.717, 1.165) is 10.9 Å². The molecule has 2 N–H and O–H groups in total. The number of alkyl halides is 1. The Bertz CT molecular complexity index is 1150. The molecule has 1 atom stereocenters. The molecule has 0 spiro atoms. The second-order valence-electron chi connectivity index (χ2n) is 6.29.